The summed E-state index contributed by atoms with van der Waals surface area (Å²) in [4.78, 5) is 12.0. The molecule has 3 rings (SSSR count). The number of fused-ring (bicyclic) bond motifs is 1. The highest BCUT2D eigenvalue weighted by molar-refractivity contribution is 9.10. The number of hydrogen-bond acceptors (Lipinski definition) is 1. The van der Waals surface area contributed by atoms with Crippen molar-refractivity contribution in [2.45, 2.75) is 6.92 Å². The van der Waals surface area contributed by atoms with Crippen molar-refractivity contribution in [3.8, 4) is 0 Å². The first kappa shape index (κ1) is 12.2. The number of anilines is 1. The Labute approximate surface area is 120 Å². The van der Waals surface area contributed by atoms with Crippen LogP contribution in [0.3, 0.4) is 0 Å². The second kappa shape index (κ2) is 4.67. The molecular weight excluding hydrogens is 302 g/mol. The van der Waals surface area contributed by atoms with E-state index in [4.69, 9.17) is 0 Å². The zero-order chi connectivity index (χ0) is 13.4. The molecule has 1 heterocycles. The molecule has 0 aromatic heterocycles. The normalized spacial score (nSPS) is 15.5. The van der Waals surface area contributed by atoms with Crippen LogP contribution in [-0.2, 0) is 4.79 Å². The lowest BCUT2D eigenvalue weighted by Gasteiger charge is -2.00. The summed E-state index contributed by atoms with van der Waals surface area (Å²) in [6.07, 6.45) is 1.92. The highest BCUT2D eigenvalue weighted by Crippen LogP contribution is 2.33. The van der Waals surface area contributed by atoms with E-state index in [0.29, 0.717) is 0 Å². The Kier molecular flexibility index (Phi) is 2.99. The van der Waals surface area contributed by atoms with Crippen molar-refractivity contribution in [3.63, 3.8) is 0 Å². The van der Waals surface area contributed by atoms with Crippen LogP contribution < -0.4 is 5.32 Å². The number of hydrogen-bond donors (Lipinski definition) is 1. The fraction of sp³-hybridized carbons (Fsp3) is 0.0625. The molecule has 0 atom stereocenters. The minimum Gasteiger partial charge on any atom is -0.321 e. The molecule has 0 bridgehead atoms. The van der Waals surface area contributed by atoms with E-state index in [1.54, 1.807) is 0 Å². The Hall–Kier alpha value is -1.87. The van der Waals surface area contributed by atoms with Gasteiger partial charge in [0.25, 0.3) is 5.91 Å². The summed E-state index contributed by atoms with van der Waals surface area (Å²) < 4.78 is 1.03. The van der Waals surface area contributed by atoms with Crippen molar-refractivity contribution >= 4 is 39.2 Å². The van der Waals surface area contributed by atoms with Crippen molar-refractivity contribution in [2.75, 3.05) is 5.32 Å². The SMILES string of the molecule is Cc1ccc2c(c1)/C(=C\c1ccc(Br)cc1)C(=O)N2. The van der Waals surface area contributed by atoms with E-state index in [2.05, 4.69) is 21.2 Å². The molecule has 1 N–H and O–H groups in total. The smallest absolute Gasteiger partial charge is 0.256 e. The summed E-state index contributed by atoms with van der Waals surface area (Å²) in [6, 6.07) is 13.9. The fourth-order valence-electron chi connectivity index (χ4n) is 2.17. The Morgan fingerprint density at radius 1 is 1.11 bits per heavy atom. The number of rotatable bonds is 1. The van der Waals surface area contributed by atoms with E-state index < -0.39 is 0 Å². The van der Waals surface area contributed by atoms with Gasteiger partial charge in [-0.2, -0.15) is 0 Å². The third kappa shape index (κ3) is 2.34. The van der Waals surface area contributed by atoms with Gasteiger partial charge in [-0.1, -0.05) is 39.7 Å². The van der Waals surface area contributed by atoms with Gasteiger partial charge in [-0.3, -0.25) is 4.79 Å². The minimum absolute atomic E-state index is 0.0384. The molecule has 0 radical (unpaired) electrons. The largest absolute Gasteiger partial charge is 0.321 e. The third-order valence-electron chi connectivity index (χ3n) is 3.14. The summed E-state index contributed by atoms with van der Waals surface area (Å²) in [5, 5.41) is 2.89. The van der Waals surface area contributed by atoms with E-state index in [-0.39, 0.29) is 5.91 Å². The van der Waals surface area contributed by atoms with Crippen LogP contribution in [0.1, 0.15) is 16.7 Å². The van der Waals surface area contributed by atoms with Crippen LogP contribution in [0.15, 0.2) is 46.9 Å². The van der Waals surface area contributed by atoms with Crippen LogP contribution in [0.4, 0.5) is 5.69 Å². The number of benzene rings is 2. The van der Waals surface area contributed by atoms with E-state index in [1.165, 1.54) is 0 Å². The molecule has 1 aliphatic rings. The summed E-state index contributed by atoms with van der Waals surface area (Å²) in [7, 11) is 0. The molecule has 0 saturated carbocycles. The van der Waals surface area contributed by atoms with Crippen LogP contribution in [0.5, 0.6) is 0 Å². The molecule has 1 amide bonds. The number of nitrogens with one attached hydrogen (secondary N) is 1. The molecule has 0 unspecified atom stereocenters. The lowest BCUT2D eigenvalue weighted by molar-refractivity contribution is -0.110. The number of carbonyl (C=O) groups is 1. The zero-order valence-electron chi connectivity index (χ0n) is 10.4. The van der Waals surface area contributed by atoms with Crippen LogP contribution in [0, 0.1) is 6.92 Å². The predicted octanol–water partition coefficient (Wildman–Crippen LogP) is 4.25. The molecule has 3 heteroatoms. The molecule has 0 spiro atoms. The van der Waals surface area contributed by atoms with E-state index in [0.717, 1.165) is 32.4 Å². The topological polar surface area (TPSA) is 29.1 Å². The van der Waals surface area contributed by atoms with Gasteiger partial charge in [-0.15, -0.1) is 0 Å². The van der Waals surface area contributed by atoms with Gasteiger partial charge < -0.3 is 5.32 Å². The average Bonchev–Trinajstić information content (AvgIpc) is 2.69. The quantitative estimate of drug-likeness (QED) is 0.783. The van der Waals surface area contributed by atoms with Crippen molar-refractivity contribution in [3.05, 3.63) is 63.6 Å². The van der Waals surface area contributed by atoms with Gasteiger partial charge in [0.05, 0.1) is 0 Å². The molecule has 2 aromatic rings. The first-order chi connectivity index (χ1) is 9.13. The van der Waals surface area contributed by atoms with Gasteiger partial charge >= 0.3 is 0 Å². The van der Waals surface area contributed by atoms with Crippen molar-refractivity contribution in [1.29, 1.82) is 0 Å². The molecule has 0 fully saturated rings. The molecule has 94 valence electrons. The summed E-state index contributed by atoms with van der Waals surface area (Å²) >= 11 is 3.41. The first-order valence-corrected chi connectivity index (χ1v) is 6.82. The Morgan fingerprint density at radius 2 is 1.84 bits per heavy atom. The van der Waals surface area contributed by atoms with Crippen molar-refractivity contribution in [2.24, 2.45) is 0 Å². The third-order valence-corrected chi connectivity index (χ3v) is 3.67. The van der Waals surface area contributed by atoms with Crippen LogP contribution in [0.25, 0.3) is 11.6 Å². The second-order valence-electron chi connectivity index (χ2n) is 4.61. The summed E-state index contributed by atoms with van der Waals surface area (Å²) in [5.41, 5.74) is 4.76. The predicted molar refractivity (Wildman–Crippen MR) is 81.8 cm³/mol. The highest BCUT2D eigenvalue weighted by Gasteiger charge is 2.23. The Balaban J connectivity index is 2.08. The van der Waals surface area contributed by atoms with Crippen LogP contribution in [-0.4, -0.2) is 5.91 Å². The monoisotopic (exact) mass is 313 g/mol. The maximum atomic E-state index is 12.0. The molecule has 19 heavy (non-hydrogen) atoms. The van der Waals surface area contributed by atoms with Gasteiger partial charge in [0.2, 0.25) is 0 Å². The number of amides is 1. The van der Waals surface area contributed by atoms with Gasteiger partial charge in [-0.05, 0) is 42.8 Å². The molecule has 0 aliphatic carbocycles. The lowest BCUT2D eigenvalue weighted by Crippen LogP contribution is -2.03. The lowest BCUT2D eigenvalue weighted by atomic mass is 10.0. The van der Waals surface area contributed by atoms with E-state index in [1.807, 2.05) is 55.5 Å². The van der Waals surface area contributed by atoms with Crippen LogP contribution >= 0.6 is 15.9 Å². The first-order valence-electron chi connectivity index (χ1n) is 6.03. The number of aryl methyl sites for hydroxylation is 1. The van der Waals surface area contributed by atoms with Gasteiger partial charge in [-0.25, -0.2) is 0 Å². The van der Waals surface area contributed by atoms with E-state index >= 15 is 0 Å². The second-order valence-corrected chi connectivity index (χ2v) is 5.53. The Morgan fingerprint density at radius 3 is 2.58 bits per heavy atom. The minimum atomic E-state index is -0.0384. The van der Waals surface area contributed by atoms with Crippen molar-refractivity contribution < 1.29 is 4.79 Å². The van der Waals surface area contributed by atoms with Gasteiger partial charge in [0.15, 0.2) is 0 Å². The molecule has 2 aromatic carbocycles. The number of carbonyl (C=O) groups excluding carboxylic acids is 1. The van der Waals surface area contributed by atoms with Gasteiger partial charge in [0, 0.05) is 21.3 Å². The Bertz CT molecular complexity index is 686. The van der Waals surface area contributed by atoms with Crippen LogP contribution in [0.2, 0.25) is 0 Å². The maximum Gasteiger partial charge on any atom is 0.256 e. The zero-order valence-corrected chi connectivity index (χ0v) is 12.0. The maximum absolute atomic E-state index is 12.0. The van der Waals surface area contributed by atoms with Crippen molar-refractivity contribution in [1.82, 2.24) is 0 Å². The molecular formula is C16H12BrNO. The molecule has 0 saturated heterocycles. The summed E-state index contributed by atoms with van der Waals surface area (Å²) in [5.74, 6) is -0.0384. The number of halogens is 1. The molecule has 1 aliphatic heterocycles. The highest BCUT2D eigenvalue weighted by atomic mass is 79.9. The fourth-order valence-corrected chi connectivity index (χ4v) is 2.44. The average molecular weight is 314 g/mol. The standard InChI is InChI=1S/C16H12BrNO/c1-10-2-7-15-13(8-10)14(16(19)18-15)9-11-3-5-12(17)6-4-11/h2-9H,1H3,(H,18,19)/b14-9+. The van der Waals surface area contributed by atoms with Gasteiger partial charge in [0.1, 0.15) is 0 Å². The van der Waals surface area contributed by atoms with E-state index in [9.17, 15) is 4.79 Å². The molecule has 2 nitrogen and oxygen atoms in total. The summed E-state index contributed by atoms with van der Waals surface area (Å²) in [6.45, 7) is 2.03.